The largest absolute Gasteiger partial charge is 0.465 e. The number of rotatable bonds is 5. The average molecular weight is 290 g/mol. The molecule has 1 aromatic heterocycles. The predicted molar refractivity (Wildman–Crippen MR) is 86.2 cm³/mol. The van der Waals surface area contributed by atoms with Gasteiger partial charge in [0.25, 0.3) is 0 Å². The fourth-order valence-electron chi connectivity index (χ4n) is 4.05. The summed E-state index contributed by atoms with van der Waals surface area (Å²) >= 11 is 0. The van der Waals surface area contributed by atoms with E-state index >= 15 is 0 Å². The van der Waals surface area contributed by atoms with Crippen LogP contribution in [0.2, 0.25) is 0 Å². The standard InChI is InChI=1S/C18H30N2O/c1-13(2)19-11-16-10-17(21-14(16)3)12-20-9-8-15-6-4-5-7-18(15)20/h10,13,15,18-19H,4-9,11-12H2,1-3H3. The summed E-state index contributed by atoms with van der Waals surface area (Å²) < 4.78 is 6.01. The third kappa shape index (κ3) is 3.51. The molecule has 1 saturated heterocycles. The van der Waals surface area contributed by atoms with Gasteiger partial charge in [0.05, 0.1) is 6.54 Å². The molecular formula is C18H30N2O. The van der Waals surface area contributed by atoms with Gasteiger partial charge in [0, 0.05) is 24.2 Å². The van der Waals surface area contributed by atoms with Gasteiger partial charge in [-0.15, -0.1) is 0 Å². The summed E-state index contributed by atoms with van der Waals surface area (Å²) in [6, 6.07) is 3.60. The molecule has 1 aliphatic heterocycles. The van der Waals surface area contributed by atoms with Crippen LogP contribution in [0.15, 0.2) is 10.5 Å². The van der Waals surface area contributed by atoms with E-state index in [4.69, 9.17) is 4.42 Å². The molecule has 0 aromatic carbocycles. The molecule has 1 aromatic rings. The van der Waals surface area contributed by atoms with E-state index in [2.05, 4.69) is 37.1 Å². The van der Waals surface area contributed by atoms with Crippen molar-refractivity contribution < 1.29 is 4.42 Å². The Morgan fingerprint density at radius 3 is 2.90 bits per heavy atom. The lowest BCUT2D eigenvalue weighted by Crippen LogP contribution is -2.34. The van der Waals surface area contributed by atoms with Gasteiger partial charge in [-0.1, -0.05) is 26.7 Å². The number of hydrogen-bond donors (Lipinski definition) is 1. The SMILES string of the molecule is Cc1oc(CN2CCC3CCCCC32)cc1CNC(C)C. The molecule has 3 rings (SSSR count). The number of nitrogens with zero attached hydrogens (tertiary/aromatic N) is 1. The van der Waals surface area contributed by atoms with Crippen molar-refractivity contribution in [2.45, 2.75) is 78.0 Å². The van der Waals surface area contributed by atoms with Crippen LogP contribution in [0.25, 0.3) is 0 Å². The van der Waals surface area contributed by atoms with Crippen LogP contribution < -0.4 is 5.32 Å². The number of nitrogens with one attached hydrogen (secondary N) is 1. The first kappa shape index (κ1) is 15.1. The summed E-state index contributed by atoms with van der Waals surface area (Å²) in [5.41, 5.74) is 1.32. The molecule has 1 aliphatic carbocycles. The highest BCUT2D eigenvalue weighted by molar-refractivity contribution is 5.21. The molecule has 2 atom stereocenters. The van der Waals surface area contributed by atoms with Gasteiger partial charge in [-0.25, -0.2) is 0 Å². The number of furan rings is 1. The molecule has 21 heavy (non-hydrogen) atoms. The van der Waals surface area contributed by atoms with Crippen molar-refractivity contribution >= 4 is 0 Å². The lowest BCUT2D eigenvalue weighted by molar-refractivity contribution is 0.165. The van der Waals surface area contributed by atoms with Crippen molar-refractivity contribution in [3.8, 4) is 0 Å². The molecule has 0 amide bonds. The van der Waals surface area contributed by atoms with Crippen molar-refractivity contribution in [3.05, 3.63) is 23.2 Å². The van der Waals surface area contributed by atoms with Gasteiger partial charge in [-0.3, -0.25) is 4.90 Å². The quantitative estimate of drug-likeness (QED) is 0.893. The Morgan fingerprint density at radius 1 is 1.29 bits per heavy atom. The Hall–Kier alpha value is -0.800. The molecule has 2 unspecified atom stereocenters. The average Bonchev–Trinajstić information content (AvgIpc) is 3.01. The van der Waals surface area contributed by atoms with E-state index in [0.29, 0.717) is 6.04 Å². The van der Waals surface area contributed by atoms with Gasteiger partial charge < -0.3 is 9.73 Å². The maximum absolute atomic E-state index is 6.01. The van der Waals surface area contributed by atoms with Crippen LogP contribution in [0, 0.1) is 12.8 Å². The first-order valence-corrected chi connectivity index (χ1v) is 8.69. The zero-order chi connectivity index (χ0) is 14.8. The molecule has 1 N–H and O–H groups in total. The van der Waals surface area contributed by atoms with Gasteiger partial charge in [0.2, 0.25) is 0 Å². The number of likely N-dealkylation sites (tertiary alicyclic amines) is 1. The van der Waals surface area contributed by atoms with E-state index in [-0.39, 0.29) is 0 Å². The smallest absolute Gasteiger partial charge is 0.118 e. The highest BCUT2D eigenvalue weighted by atomic mass is 16.3. The van der Waals surface area contributed by atoms with E-state index in [1.807, 2.05) is 0 Å². The van der Waals surface area contributed by atoms with E-state index < -0.39 is 0 Å². The lowest BCUT2D eigenvalue weighted by Gasteiger charge is -2.31. The van der Waals surface area contributed by atoms with Crippen LogP contribution in [0.4, 0.5) is 0 Å². The van der Waals surface area contributed by atoms with Crippen LogP contribution in [0.5, 0.6) is 0 Å². The molecule has 3 nitrogen and oxygen atoms in total. The second kappa shape index (κ2) is 6.53. The summed E-state index contributed by atoms with van der Waals surface area (Å²) in [7, 11) is 0. The maximum atomic E-state index is 6.01. The number of aryl methyl sites for hydroxylation is 1. The fourth-order valence-corrected chi connectivity index (χ4v) is 4.05. The van der Waals surface area contributed by atoms with E-state index in [1.54, 1.807) is 0 Å². The lowest BCUT2D eigenvalue weighted by atomic mass is 9.85. The molecule has 2 fully saturated rings. The van der Waals surface area contributed by atoms with Crippen LogP contribution in [-0.4, -0.2) is 23.5 Å². The normalized spacial score (nSPS) is 26.5. The van der Waals surface area contributed by atoms with Crippen LogP contribution in [0.3, 0.4) is 0 Å². The Labute approximate surface area is 129 Å². The third-order valence-corrected chi connectivity index (χ3v) is 5.26. The molecular weight excluding hydrogens is 260 g/mol. The highest BCUT2D eigenvalue weighted by Crippen LogP contribution is 2.37. The van der Waals surface area contributed by atoms with Gasteiger partial charge in [0.15, 0.2) is 0 Å². The Morgan fingerprint density at radius 2 is 2.10 bits per heavy atom. The zero-order valence-corrected chi connectivity index (χ0v) is 13.8. The zero-order valence-electron chi connectivity index (χ0n) is 13.8. The monoisotopic (exact) mass is 290 g/mol. The van der Waals surface area contributed by atoms with Crippen LogP contribution in [0.1, 0.15) is 63.0 Å². The van der Waals surface area contributed by atoms with Gasteiger partial charge in [-0.05, 0) is 44.7 Å². The van der Waals surface area contributed by atoms with Crippen LogP contribution in [-0.2, 0) is 13.1 Å². The van der Waals surface area contributed by atoms with E-state index in [0.717, 1.165) is 36.6 Å². The molecule has 0 radical (unpaired) electrons. The van der Waals surface area contributed by atoms with Crippen molar-refractivity contribution in [1.82, 2.24) is 10.2 Å². The van der Waals surface area contributed by atoms with Gasteiger partial charge >= 0.3 is 0 Å². The number of fused-ring (bicyclic) bond motifs is 1. The van der Waals surface area contributed by atoms with Crippen molar-refractivity contribution in [3.63, 3.8) is 0 Å². The van der Waals surface area contributed by atoms with Crippen molar-refractivity contribution in [2.75, 3.05) is 6.54 Å². The molecule has 0 spiro atoms. The van der Waals surface area contributed by atoms with Crippen molar-refractivity contribution in [1.29, 1.82) is 0 Å². The fraction of sp³-hybridized carbons (Fsp3) is 0.778. The first-order chi connectivity index (χ1) is 10.1. The second-order valence-electron chi connectivity index (χ2n) is 7.20. The second-order valence-corrected chi connectivity index (χ2v) is 7.20. The maximum Gasteiger partial charge on any atom is 0.118 e. The van der Waals surface area contributed by atoms with E-state index in [9.17, 15) is 0 Å². The summed E-state index contributed by atoms with van der Waals surface area (Å²) in [4.78, 5) is 2.67. The molecule has 0 bridgehead atoms. The Balaban J connectivity index is 1.61. The minimum absolute atomic E-state index is 0.518. The highest BCUT2D eigenvalue weighted by Gasteiger charge is 2.35. The molecule has 2 heterocycles. The summed E-state index contributed by atoms with van der Waals surface area (Å²) in [6.45, 7) is 9.64. The number of hydrogen-bond acceptors (Lipinski definition) is 3. The third-order valence-electron chi connectivity index (χ3n) is 5.26. The first-order valence-electron chi connectivity index (χ1n) is 8.69. The predicted octanol–water partition coefficient (Wildman–Crippen LogP) is 3.85. The van der Waals surface area contributed by atoms with Gasteiger partial charge in [-0.2, -0.15) is 0 Å². The molecule has 118 valence electrons. The van der Waals surface area contributed by atoms with Crippen molar-refractivity contribution in [2.24, 2.45) is 5.92 Å². The Kier molecular flexibility index (Phi) is 4.70. The van der Waals surface area contributed by atoms with Gasteiger partial charge in [0.1, 0.15) is 11.5 Å². The minimum Gasteiger partial charge on any atom is -0.465 e. The van der Waals surface area contributed by atoms with E-state index in [1.165, 1.54) is 44.2 Å². The Bertz CT molecular complexity index is 466. The summed E-state index contributed by atoms with van der Waals surface area (Å²) in [5.74, 6) is 3.19. The van der Waals surface area contributed by atoms with Crippen LogP contribution >= 0.6 is 0 Å². The minimum atomic E-state index is 0.518. The molecule has 2 aliphatic rings. The summed E-state index contributed by atoms with van der Waals surface area (Å²) in [5, 5.41) is 3.48. The molecule has 1 saturated carbocycles. The summed E-state index contributed by atoms with van der Waals surface area (Å²) in [6.07, 6.45) is 7.10. The topological polar surface area (TPSA) is 28.4 Å². The molecule has 3 heteroatoms.